The van der Waals surface area contributed by atoms with Crippen molar-refractivity contribution < 1.29 is 4.74 Å². The molecule has 0 aromatic heterocycles. The number of hydrogen-bond acceptors (Lipinski definition) is 3. The number of nitrogens with one attached hydrogen (secondary N) is 1. The summed E-state index contributed by atoms with van der Waals surface area (Å²) < 4.78 is 5.58. The van der Waals surface area contributed by atoms with E-state index in [4.69, 9.17) is 10.6 Å². The highest BCUT2D eigenvalue weighted by molar-refractivity contribution is 4.96. The summed E-state index contributed by atoms with van der Waals surface area (Å²) in [6.07, 6.45) is 5.78. The van der Waals surface area contributed by atoms with E-state index >= 15 is 0 Å². The van der Waals surface area contributed by atoms with E-state index in [1.807, 2.05) is 0 Å². The molecule has 82 valence electrons. The van der Waals surface area contributed by atoms with Gasteiger partial charge in [0, 0.05) is 12.6 Å². The highest BCUT2D eigenvalue weighted by Crippen LogP contribution is 2.19. The smallest absolute Gasteiger partial charge is 0.0591 e. The molecule has 2 unspecified atom stereocenters. The Kier molecular flexibility index (Phi) is 5.15. The molecule has 14 heavy (non-hydrogen) atoms. The summed E-state index contributed by atoms with van der Waals surface area (Å²) in [5, 5.41) is 0. The number of nitrogens with two attached hydrogens (primary N) is 1. The molecule has 1 aliphatic heterocycles. The first-order valence-electron chi connectivity index (χ1n) is 5.50. The monoisotopic (exact) mass is 198 g/mol. The van der Waals surface area contributed by atoms with Gasteiger partial charge in [-0.25, -0.2) is 0 Å². The fourth-order valence-corrected chi connectivity index (χ4v) is 1.85. The lowest BCUT2D eigenvalue weighted by atomic mass is 9.99. The van der Waals surface area contributed by atoms with Crippen molar-refractivity contribution in [3.8, 4) is 0 Å². The summed E-state index contributed by atoms with van der Waals surface area (Å²) in [5.74, 6) is 5.51. The van der Waals surface area contributed by atoms with Crippen LogP contribution in [0.15, 0.2) is 12.2 Å². The highest BCUT2D eigenvalue weighted by Gasteiger charge is 2.20. The molecule has 0 aromatic rings. The summed E-state index contributed by atoms with van der Waals surface area (Å²) in [7, 11) is 0. The molecule has 0 spiro atoms. The van der Waals surface area contributed by atoms with Crippen LogP contribution in [0.3, 0.4) is 0 Å². The van der Waals surface area contributed by atoms with Crippen molar-refractivity contribution in [2.75, 3.05) is 6.61 Å². The van der Waals surface area contributed by atoms with Gasteiger partial charge in [0.1, 0.15) is 0 Å². The molecule has 0 aliphatic carbocycles. The van der Waals surface area contributed by atoms with Gasteiger partial charge in [0.25, 0.3) is 0 Å². The topological polar surface area (TPSA) is 47.3 Å². The highest BCUT2D eigenvalue weighted by atomic mass is 16.5. The van der Waals surface area contributed by atoms with E-state index in [1.54, 1.807) is 0 Å². The second-order valence-corrected chi connectivity index (χ2v) is 4.04. The Morgan fingerprint density at radius 2 is 2.50 bits per heavy atom. The van der Waals surface area contributed by atoms with Gasteiger partial charge < -0.3 is 4.74 Å². The van der Waals surface area contributed by atoms with Crippen molar-refractivity contribution in [3.63, 3.8) is 0 Å². The van der Waals surface area contributed by atoms with Crippen molar-refractivity contribution >= 4 is 0 Å². The van der Waals surface area contributed by atoms with Crippen LogP contribution in [-0.4, -0.2) is 18.8 Å². The van der Waals surface area contributed by atoms with Crippen LogP contribution in [0.2, 0.25) is 0 Å². The third kappa shape index (κ3) is 3.78. The van der Waals surface area contributed by atoms with E-state index < -0.39 is 0 Å². The maximum absolute atomic E-state index is 5.58. The lowest BCUT2D eigenvalue weighted by molar-refractivity contribution is 0.0945. The Balaban J connectivity index is 2.26. The first kappa shape index (κ1) is 11.7. The van der Waals surface area contributed by atoms with Crippen LogP contribution in [0.1, 0.15) is 39.0 Å². The van der Waals surface area contributed by atoms with E-state index in [-0.39, 0.29) is 0 Å². The second kappa shape index (κ2) is 6.17. The first-order chi connectivity index (χ1) is 6.76. The number of rotatable bonds is 6. The first-order valence-corrected chi connectivity index (χ1v) is 5.50. The molecular formula is C11H22N2O. The standard InChI is InChI=1S/C11H22N2O/c1-3-9(2)7-10(13-12)8-11-5-4-6-14-11/h10-11,13H,2-8,12H2,1H3. The maximum atomic E-state index is 5.58. The molecule has 0 radical (unpaired) electrons. The van der Waals surface area contributed by atoms with Gasteiger partial charge in [0.2, 0.25) is 0 Å². The molecule has 3 heteroatoms. The van der Waals surface area contributed by atoms with E-state index in [0.29, 0.717) is 12.1 Å². The fraction of sp³-hybridized carbons (Fsp3) is 0.818. The van der Waals surface area contributed by atoms with E-state index in [1.165, 1.54) is 18.4 Å². The van der Waals surface area contributed by atoms with Crippen LogP contribution in [0.4, 0.5) is 0 Å². The summed E-state index contributed by atoms with van der Waals surface area (Å²) in [6.45, 7) is 7.04. The molecule has 0 aromatic carbocycles. The summed E-state index contributed by atoms with van der Waals surface area (Å²) >= 11 is 0. The second-order valence-electron chi connectivity index (χ2n) is 4.04. The number of hydrogen-bond donors (Lipinski definition) is 2. The average molecular weight is 198 g/mol. The molecule has 1 fully saturated rings. The van der Waals surface area contributed by atoms with Gasteiger partial charge in [0.15, 0.2) is 0 Å². The molecule has 1 aliphatic rings. The third-order valence-corrected chi connectivity index (χ3v) is 2.84. The van der Waals surface area contributed by atoms with Gasteiger partial charge in [-0.1, -0.05) is 19.1 Å². The molecule has 0 amide bonds. The minimum absolute atomic E-state index is 0.325. The fourth-order valence-electron chi connectivity index (χ4n) is 1.85. The predicted octanol–water partition coefficient (Wildman–Crippen LogP) is 1.74. The van der Waals surface area contributed by atoms with Gasteiger partial charge in [-0.15, -0.1) is 0 Å². The number of hydrazine groups is 1. The molecule has 2 atom stereocenters. The molecule has 1 saturated heterocycles. The van der Waals surface area contributed by atoms with Crippen LogP contribution in [0, 0.1) is 0 Å². The molecule has 1 heterocycles. The SMILES string of the molecule is C=C(CC)CC(CC1CCCO1)NN. The van der Waals surface area contributed by atoms with Gasteiger partial charge in [-0.05, 0) is 32.1 Å². The Morgan fingerprint density at radius 1 is 1.71 bits per heavy atom. The maximum Gasteiger partial charge on any atom is 0.0591 e. The largest absolute Gasteiger partial charge is 0.378 e. The molecule has 3 nitrogen and oxygen atoms in total. The van der Waals surface area contributed by atoms with Crippen LogP contribution < -0.4 is 11.3 Å². The van der Waals surface area contributed by atoms with Gasteiger partial charge in [-0.2, -0.15) is 0 Å². The summed E-state index contributed by atoms with van der Waals surface area (Å²) in [4.78, 5) is 0. The van der Waals surface area contributed by atoms with E-state index in [9.17, 15) is 0 Å². The normalized spacial score (nSPS) is 23.7. The zero-order valence-electron chi connectivity index (χ0n) is 9.09. The van der Waals surface area contributed by atoms with Crippen LogP contribution in [0.5, 0.6) is 0 Å². The van der Waals surface area contributed by atoms with Crippen molar-refractivity contribution in [1.82, 2.24) is 5.43 Å². The lowest BCUT2D eigenvalue weighted by Crippen LogP contribution is -2.37. The predicted molar refractivity (Wildman–Crippen MR) is 58.8 cm³/mol. The van der Waals surface area contributed by atoms with E-state index in [0.717, 1.165) is 25.9 Å². The third-order valence-electron chi connectivity index (χ3n) is 2.84. The minimum atomic E-state index is 0.325. The van der Waals surface area contributed by atoms with Crippen molar-refractivity contribution in [2.45, 2.75) is 51.2 Å². The van der Waals surface area contributed by atoms with Crippen LogP contribution in [-0.2, 0) is 4.74 Å². The molecule has 1 rings (SSSR count). The zero-order valence-corrected chi connectivity index (χ0v) is 9.09. The molecule has 3 N–H and O–H groups in total. The molecule has 0 saturated carbocycles. The Morgan fingerprint density at radius 3 is 3.00 bits per heavy atom. The summed E-state index contributed by atoms with van der Waals surface area (Å²) in [5.41, 5.74) is 4.11. The van der Waals surface area contributed by atoms with Crippen molar-refractivity contribution in [1.29, 1.82) is 0 Å². The number of ether oxygens (including phenoxy) is 1. The van der Waals surface area contributed by atoms with Gasteiger partial charge in [0.05, 0.1) is 6.10 Å². The van der Waals surface area contributed by atoms with Crippen LogP contribution in [0.25, 0.3) is 0 Å². The molecular weight excluding hydrogens is 176 g/mol. The van der Waals surface area contributed by atoms with E-state index in [2.05, 4.69) is 18.9 Å². The van der Waals surface area contributed by atoms with Gasteiger partial charge in [-0.3, -0.25) is 11.3 Å². The Hall–Kier alpha value is -0.380. The Bertz CT molecular complexity index is 176. The van der Waals surface area contributed by atoms with Crippen LogP contribution >= 0.6 is 0 Å². The van der Waals surface area contributed by atoms with Gasteiger partial charge >= 0.3 is 0 Å². The Labute approximate surface area is 86.7 Å². The van der Waals surface area contributed by atoms with Crippen molar-refractivity contribution in [2.24, 2.45) is 5.84 Å². The average Bonchev–Trinajstić information content (AvgIpc) is 2.69. The quantitative estimate of drug-likeness (QED) is 0.388. The van der Waals surface area contributed by atoms with Crippen molar-refractivity contribution in [3.05, 3.63) is 12.2 Å². The summed E-state index contributed by atoms with van der Waals surface area (Å²) in [6, 6.07) is 0.325. The lowest BCUT2D eigenvalue weighted by Gasteiger charge is -2.20. The zero-order chi connectivity index (χ0) is 10.4. The molecule has 0 bridgehead atoms. The minimum Gasteiger partial charge on any atom is -0.378 e.